The lowest BCUT2D eigenvalue weighted by Gasteiger charge is -2.15. The lowest BCUT2D eigenvalue weighted by molar-refractivity contribution is -0.144. The van der Waals surface area contributed by atoms with Gasteiger partial charge in [-0.05, 0) is 103 Å². The van der Waals surface area contributed by atoms with Crippen molar-refractivity contribution in [1.82, 2.24) is 19.5 Å². The zero-order valence-electron chi connectivity index (χ0n) is 28.9. The Morgan fingerprint density at radius 2 is 0.877 bits per heavy atom. The number of benzene rings is 5. The first-order chi connectivity index (χ1) is 26.5. The number of alkyl halides is 12. The molecule has 0 saturated heterocycles. The number of rotatable bonds is 4. The van der Waals surface area contributed by atoms with Crippen molar-refractivity contribution >= 4 is 21.8 Å². The fourth-order valence-electron chi connectivity index (χ4n) is 6.59. The zero-order chi connectivity index (χ0) is 41.4. The standard InChI is InChI=1S/C40H21F12N5/c1-19-54-20(2)56-36(55-19)31-8-5-30(13-25(31)18-53)57-34-14-21(23-9-26(37(41,42)43)16-27(10-23)38(44,45)46)3-6-32(34)33-7-4-22(15-35(33)57)24-11-28(39(47,48)49)17-29(12-24)40(50,51)52/h3-17H,1-2H3. The van der Waals surface area contributed by atoms with Gasteiger partial charge >= 0.3 is 24.7 Å². The number of halogens is 12. The third-order valence-corrected chi connectivity index (χ3v) is 9.09. The van der Waals surface area contributed by atoms with Crippen LogP contribution >= 0.6 is 0 Å². The van der Waals surface area contributed by atoms with E-state index in [1.165, 1.54) is 59.2 Å². The Morgan fingerprint density at radius 3 is 1.25 bits per heavy atom. The Hall–Kier alpha value is -6.44. The molecule has 0 N–H and O–H groups in total. The van der Waals surface area contributed by atoms with Gasteiger partial charge in [0.05, 0.1) is 44.9 Å². The molecule has 17 heteroatoms. The summed E-state index contributed by atoms with van der Waals surface area (Å²) in [4.78, 5) is 12.7. The predicted molar refractivity (Wildman–Crippen MR) is 185 cm³/mol. The first-order valence-corrected chi connectivity index (χ1v) is 16.4. The van der Waals surface area contributed by atoms with Crippen molar-refractivity contribution in [3.05, 3.63) is 130 Å². The minimum atomic E-state index is -5.15. The second-order valence-electron chi connectivity index (χ2n) is 13.0. The predicted octanol–water partition coefficient (Wildman–Crippen LogP) is 12.5. The Morgan fingerprint density at radius 1 is 0.474 bits per heavy atom. The topological polar surface area (TPSA) is 67.4 Å². The number of hydrogen-bond donors (Lipinski definition) is 0. The van der Waals surface area contributed by atoms with Crippen molar-refractivity contribution in [3.8, 4) is 45.4 Å². The molecule has 0 radical (unpaired) electrons. The molecule has 7 aromatic rings. The summed E-state index contributed by atoms with van der Waals surface area (Å²) in [7, 11) is 0. The van der Waals surface area contributed by atoms with Crippen LogP contribution in [0.25, 0.3) is 61.1 Å². The van der Waals surface area contributed by atoms with Gasteiger partial charge in [0.25, 0.3) is 0 Å². The van der Waals surface area contributed by atoms with Crippen LogP contribution in [0.1, 0.15) is 39.5 Å². The van der Waals surface area contributed by atoms with E-state index in [0.717, 1.165) is 0 Å². The molecular weight excluding hydrogens is 778 g/mol. The Kier molecular flexibility index (Phi) is 9.09. The smallest absolute Gasteiger partial charge is 0.309 e. The molecule has 0 fully saturated rings. The molecule has 57 heavy (non-hydrogen) atoms. The summed E-state index contributed by atoms with van der Waals surface area (Å²) in [5.41, 5.74) is -6.54. The Bertz CT molecular complexity index is 2570. The zero-order valence-corrected chi connectivity index (χ0v) is 28.9. The van der Waals surface area contributed by atoms with Crippen molar-refractivity contribution in [2.45, 2.75) is 38.6 Å². The van der Waals surface area contributed by atoms with Gasteiger partial charge < -0.3 is 4.57 Å². The first-order valence-electron chi connectivity index (χ1n) is 16.4. The molecule has 0 unspecified atom stereocenters. The van der Waals surface area contributed by atoms with Crippen LogP contribution in [-0.2, 0) is 24.7 Å². The van der Waals surface area contributed by atoms with Crippen molar-refractivity contribution in [1.29, 1.82) is 5.26 Å². The Labute approximate surface area is 313 Å². The molecule has 0 atom stereocenters. The van der Waals surface area contributed by atoms with E-state index in [4.69, 9.17) is 0 Å². The molecular formula is C40H21F12N5. The molecule has 290 valence electrons. The minimum Gasteiger partial charge on any atom is -0.309 e. The third-order valence-electron chi connectivity index (χ3n) is 9.09. The van der Waals surface area contributed by atoms with E-state index in [1.807, 2.05) is 6.07 Å². The van der Waals surface area contributed by atoms with Crippen LogP contribution in [0.3, 0.4) is 0 Å². The van der Waals surface area contributed by atoms with Crippen LogP contribution in [0.2, 0.25) is 0 Å². The third kappa shape index (κ3) is 7.46. The maximum atomic E-state index is 13.8. The molecule has 0 spiro atoms. The largest absolute Gasteiger partial charge is 0.416 e. The van der Waals surface area contributed by atoms with E-state index in [9.17, 15) is 57.9 Å². The van der Waals surface area contributed by atoms with Gasteiger partial charge in [-0.2, -0.15) is 57.9 Å². The number of nitriles is 1. The van der Waals surface area contributed by atoms with Crippen LogP contribution in [0.5, 0.6) is 0 Å². The molecule has 0 saturated carbocycles. The molecule has 0 aliphatic carbocycles. The first kappa shape index (κ1) is 38.8. The summed E-state index contributed by atoms with van der Waals surface area (Å²) < 4.78 is 167. The van der Waals surface area contributed by atoms with Crippen LogP contribution in [0, 0.1) is 25.2 Å². The van der Waals surface area contributed by atoms with Gasteiger partial charge in [-0.1, -0.05) is 24.3 Å². The fraction of sp³-hybridized carbons (Fsp3) is 0.150. The highest BCUT2D eigenvalue weighted by Crippen LogP contribution is 2.43. The molecule has 0 aliphatic rings. The quantitative estimate of drug-likeness (QED) is 0.166. The van der Waals surface area contributed by atoms with Gasteiger partial charge in [-0.25, -0.2) is 15.0 Å². The van der Waals surface area contributed by atoms with Gasteiger partial charge in [0.15, 0.2) is 5.82 Å². The van der Waals surface area contributed by atoms with Crippen LogP contribution < -0.4 is 0 Å². The molecule has 0 aliphatic heterocycles. The van der Waals surface area contributed by atoms with E-state index in [-0.39, 0.29) is 56.9 Å². The van der Waals surface area contributed by atoms with Crippen molar-refractivity contribution < 1.29 is 52.7 Å². The van der Waals surface area contributed by atoms with E-state index < -0.39 is 58.1 Å². The minimum absolute atomic E-state index is 0.0141. The molecule has 0 amide bonds. The van der Waals surface area contributed by atoms with Crippen molar-refractivity contribution in [2.24, 2.45) is 0 Å². The number of hydrogen-bond acceptors (Lipinski definition) is 4. The van der Waals surface area contributed by atoms with Gasteiger partial charge in [0, 0.05) is 22.0 Å². The average Bonchev–Trinajstić information content (AvgIpc) is 3.45. The highest BCUT2D eigenvalue weighted by atomic mass is 19.4. The summed E-state index contributed by atoms with van der Waals surface area (Å²) in [5, 5.41) is 10.9. The normalized spacial score (nSPS) is 12.7. The fourth-order valence-corrected chi connectivity index (χ4v) is 6.59. The van der Waals surface area contributed by atoms with Crippen molar-refractivity contribution in [3.63, 3.8) is 0 Å². The lowest BCUT2D eigenvalue weighted by atomic mass is 9.97. The van der Waals surface area contributed by atoms with Crippen LogP contribution in [0.4, 0.5) is 52.7 Å². The summed E-state index contributed by atoms with van der Waals surface area (Å²) in [6.07, 6.45) is -20.6. The number of aryl methyl sites for hydroxylation is 2. The van der Waals surface area contributed by atoms with Crippen LogP contribution in [0.15, 0.2) is 91.0 Å². The monoisotopic (exact) mass is 799 g/mol. The maximum absolute atomic E-state index is 13.8. The molecule has 2 heterocycles. The summed E-state index contributed by atoms with van der Waals surface area (Å²) in [6.45, 7) is 3.21. The SMILES string of the molecule is Cc1nc(C)nc(-c2ccc(-n3c4cc(-c5cc(C(F)(F)F)cc(C(F)(F)F)c5)ccc4c4ccc(-c5cc(C(F)(F)F)cc(C(F)(F)F)c5)cc43)cc2C#N)n1. The second-order valence-corrected chi connectivity index (χ2v) is 13.0. The Balaban J connectivity index is 1.53. The highest BCUT2D eigenvalue weighted by molar-refractivity contribution is 6.11. The van der Waals surface area contributed by atoms with E-state index in [0.29, 0.717) is 46.7 Å². The summed E-state index contributed by atoms with van der Waals surface area (Å²) in [6, 6.07) is 16.6. The van der Waals surface area contributed by atoms with Gasteiger partial charge in [-0.3, -0.25) is 0 Å². The average molecular weight is 800 g/mol. The number of aromatic nitrogens is 4. The molecule has 2 aromatic heterocycles. The molecule has 7 rings (SSSR count). The van der Waals surface area contributed by atoms with Gasteiger partial charge in [-0.15, -0.1) is 0 Å². The van der Waals surface area contributed by atoms with Crippen LogP contribution in [-0.4, -0.2) is 19.5 Å². The maximum Gasteiger partial charge on any atom is 0.416 e. The molecule has 5 nitrogen and oxygen atoms in total. The van der Waals surface area contributed by atoms with E-state index >= 15 is 0 Å². The highest BCUT2D eigenvalue weighted by Gasteiger charge is 2.38. The lowest BCUT2D eigenvalue weighted by Crippen LogP contribution is -2.11. The second kappa shape index (κ2) is 13.4. The molecule has 5 aromatic carbocycles. The van der Waals surface area contributed by atoms with Crippen molar-refractivity contribution in [2.75, 3.05) is 0 Å². The summed E-state index contributed by atoms with van der Waals surface area (Å²) >= 11 is 0. The summed E-state index contributed by atoms with van der Waals surface area (Å²) in [5.74, 6) is 0.837. The van der Waals surface area contributed by atoms with Gasteiger partial charge in [0.2, 0.25) is 0 Å². The number of fused-ring (bicyclic) bond motifs is 3. The van der Waals surface area contributed by atoms with E-state index in [2.05, 4.69) is 15.0 Å². The molecule has 0 bridgehead atoms. The van der Waals surface area contributed by atoms with Gasteiger partial charge in [0.1, 0.15) is 11.6 Å². The van der Waals surface area contributed by atoms with E-state index in [1.54, 1.807) is 13.8 Å². The number of nitrogens with zero attached hydrogens (tertiary/aromatic N) is 5.